The Hall–Kier alpha value is -2.08. The van der Waals surface area contributed by atoms with Crippen LogP contribution in [-0.2, 0) is 9.59 Å². The summed E-state index contributed by atoms with van der Waals surface area (Å²) in [5, 5.41) is 11.2. The third-order valence-corrected chi connectivity index (χ3v) is 3.17. The van der Waals surface area contributed by atoms with Gasteiger partial charge in [-0.1, -0.05) is 0 Å². The van der Waals surface area contributed by atoms with Crippen molar-refractivity contribution in [3.05, 3.63) is 24.3 Å². The maximum Gasteiger partial charge on any atom is 0.341 e. The number of carbonyl (C=O) groups is 2. The van der Waals surface area contributed by atoms with E-state index in [1.165, 1.54) is 0 Å². The Morgan fingerprint density at radius 1 is 1.32 bits per heavy atom. The van der Waals surface area contributed by atoms with Crippen molar-refractivity contribution in [1.82, 2.24) is 0 Å². The van der Waals surface area contributed by atoms with E-state index in [2.05, 4.69) is 5.32 Å². The summed E-state index contributed by atoms with van der Waals surface area (Å²) in [5.74, 6) is -0.781. The molecule has 4 N–H and O–H groups in total. The van der Waals surface area contributed by atoms with Gasteiger partial charge in [-0.2, -0.15) is 0 Å². The third kappa shape index (κ3) is 3.23. The highest BCUT2D eigenvalue weighted by atomic mass is 16.5. The van der Waals surface area contributed by atoms with Crippen molar-refractivity contribution < 1.29 is 19.4 Å². The Balaban J connectivity index is 1.91. The van der Waals surface area contributed by atoms with Crippen molar-refractivity contribution in [2.75, 3.05) is 11.9 Å². The average molecular weight is 264 g/mol. The fourth-order valence-corrected chi connectivity index (χ4v) is 1.82. The summed E-state index contributed by atoms with van der Waals surface area (Å²) in [5.41, 5.74) is 5.78. The summed E-state index contributed by atoms with van der Waals surface area (Å²) < 4.78 is 4.99. The smallest absolute Gasteiger partial charge is 0.341 e. The van der Waals surface area contributed by atoms with E-state index in [4.69, 9.17) is 15.6 Å². The number of nitrogens with one attached hydrogen (secondary N) is 1. The van der Waals surface area contributed by atoms with Gasteiger partial charge in [0.1, 0.15) is 5.75 Å². The molecular weight excluding hydrogens is 248 g/mol. The number of carboxylic acids is 1. The standard InChI is InChI=1S/C13H16N2O4/c14-13(6-1-7-13)12(18)15-9-2-4-10(5-3-9)19-8-11(16)17/h2-5H,1,6-8,14H2,(H,15,18)(H,16,17). The first-order valence-corrected chi connectivity index (χ1v) is 6.05. The van der Waals surface area contributed by atoms with Crippen molar-refractivity contribution >= 4 is 17.6 Å². The van der Waals surface area contributed by atoms with Crippen LogP contribution in [0.5, 0.6) is 5.75 Å². The summed E-state index contributed by atoms with van der Waals surface area (Å²) in [4.78, 5) is 22.2. The summed E-state index contributed by atoms with van der Waals surface area (Å²) in [7, 11) is 0. The highest BCUT2D eigenvalue weighted by Crippen LogP contribution is 2.30. The molecule has 2 rings (SSSR count). The molecule has 1 aliphatic carbocycles. The van der Waals surface area contributed by atoms with Crippen LogP contribution in [0.1, 0.15) is 19.3 Å². The number of hydrogen-bond donors (Lipinski definition) is 3. The van der Waals surface area contributed by atoms with E-state index < -0.39 is 18.1 Å². The maximum atomic E-state index is 11.9. The van der Waals surface area contributed by atoms with Crippen LogP contribution in [0, 0.1) is 0 Å². The van der Waals surface area contributed by atoms with Gasteiger partial charge in [0.25, 0.3) is 0 Å². The predicted octanol–water partition coefficient (Wildman–Crippen LogP) is 0.970. The van der Waals surface area contributed by atoms with Crippen molar-refractivity contribution in [2.45, 2.75) is 24.8 Å². The zero-order valence-corrected chi connectivity index (χ0v) is 10.4. The van der Waals surface area contributed by atoms with Crippen molar-refractivity contribution in [3.8, 4) is 5.75 Å². The van der Waals surface area contributed by atoms with Gasteiger partial charge < -0.3 is 20.9 Å². The lowest BCUT2D eigenvalue weighted by Crippen LogP contribution is -2.56. The van der Waals surface area contributed by atoms with Crippen LogP contribution >= 0.6 is 0 Å². The maximum absolute atomic E-state index is 11.9. The number of rotatable bonds is 5. The van der Waals surface area contributed by atoms with Gasteiger partial charge in [0.05, 0.1) is 5.54 Å². The van der Waals surface area contributed by atoms with E-state index in [0.29, 0.717) is 24.3 Å². The first kappa shape index (κ1) is 13.4. The first-order valence-electron chi connectivity index (χ1n) is 6.05. The topological polar surface area (TPSA) is 102 Å². The Morgan fingerprint density at radius 3 is 2.42 bits per heavy atom. The number of aliphatic carboxylic acids is 1. The molecule has 0 spiro atoms. The minimum absolute atomic E-state index is 0.182. The molecule has 1 aromatic carbocycles. The molecule has 0 radical (unpaired) electrons. The SMILES string of the molecule is NC1(C(=O)Nc2ccc(OCC(=O)O)cc2)CCC1. The summed E-state index contributed by atoms with van der Waals surface area (Å²) >= 11 is 0. The third-order valence-electron chi connectivity index (χ3n) is 3.17. The molecule has 0 aromatic heterocycles. The Bertz CT molecular complexity index is 480. The average Bonchev–Trinajstić information content (AvgIpc) is 2.35. The molecule has 0 aliphatic heterocycles. The normalized spacial score (nSPS) is 16.3. The summed E-state index contributed by atoms with van der Waals surface area (Å²) in [6, 6.07) is 6.50. The number of anilines is 1. The number of carboxylic acid groups (broad SMARTS) is 1. The van der Waals surface area contributed by atoms with E-state index in [1.54, 1.807) is 24.3 Å². The fraction of sp³-hybridized carbons (Fsp3) is 0.385. The lowest BCUT2D eigenvalue weighted by atomic mass is 9.77. The molecule has 1 aliphatic rings. The monoisotopic (exact) mass is 264 g/mol. The van der Waals surface area contributed by atoms with Crippen LogP contribution in [0.3, 0.4) is 0 Å². The van der Waals surface area contributed by atoms with E-state index in [1.807, 2.05) is 0 Å². The highest BCUT2D eigenvalue weighted by molar-refractivity contribution is 5.98. The molecule has 1 aromatic rings. The molecule has 102 valence electrons. The van der Waals surface area contributed by atoms with Gasteiger partial charge in [-0.15, -0.1) is 0 Å². The summed E-state index contributed by atoms with van der Waals surface area (Å²) in [6.45, 7) is -0.391. The van der Waals surface area contributed by atoms with Gasteiger partial charge in [-0.05, 0) is 43.5 Å². The van der Waals surface area contributed by atoms with Crippen LogP contribution in [0.4, 0.5) is 5.69 Å². The van der Waals surface area contributed by atoms with Gasteiger partial charge in [0.15, 0.2) is 6.61 Å². The molecule has 1 saturated carbocycles. The zero-order valence-electron chi connectivity index (χ0n) is 10.4. The minimum atomic E-state index is -1.03. The van der Waals surface area contributed by atoms with E-state index >= 15 is 0 Å². The van der Waals surface area contributed by atoms with Gasteiger partial charge in [0.2, 0.25) is 5.91 Å². The zero-order chi connectivity index (χ0) is 13.9. The van der Waals surface area contributed by atoms with Crippen molar-refractivity contribution in [3.63, 3.8) is 0 Å². The molecule has 0 heterocycles. The minimum Gasteiger partial charge on any atom is -0.482 e. The molecule has 1 amide bonds. The molecule has 0 bridgehead atoms. The second-order valence-electron chi connectivity index (χ2n) is 4.67. The second-order valence-corrected chi connectivity index (χ2v) is 4.67. The number of carbonyl (C=O) groups excluding carboxylic acids is 1. The van der Waals surface area contributed by atoms with E-state index in [-0.39, 0.29) is 5.91 Å². The van der Waals surface area contributed by atoms with Gasteiger partial charge in [0, 0.05) is 5.69 Å². The molecule has 19 heavy (non-hydrogen) atoms. The quantitative estimate of drug-likeness (QED) is 0.735. The Morgan fingerprint density at radius 2 is 1.95 bits per heavy atom. The van der Waals surface area contributed by atoms with Crippen LogP contribution in [0.25, 0.3) is 0 Å². The molecule has 0 unspecified atom stereocenters. The molecule has 0 atom stereocenters. The van der Waals surface area contributed by atoms with Crippen LogP contribution in [0.15, 0.2) is 24.3 Å². The number of amides is 1. The van der Waals surface area contributed by atoms with Gasteiger partial charge in [-0.3, -0.25) is 4.79 Å². The van der Waals surface area contributed by atoms with E-state index in [0.717, 1.165) is 6.42 Å². The lowest BCUT2D eigenvalue weighted by molar-refractivity contribution is -0.139. The number of hydrogen-bond acceptors (Lipinski definition) is 4. The van der Waals surface area contributed by atoms with Crippen molar-refractivity contribution in [2.24, 2.45) is 5.73 Å². The number of ether oxygens (including phenoxy) is 1. The van der Waals surface area contributed by atoms with Crippen LogP contribution in [0.2, 0.25) is 0 Å². The Labute approximate surface area is 110 Å². The molecular formula is C13H16N2O4. The first-order chi connectivity index (χ1) is 8.99. The molecule has 0 saturated heterocycles. The molecule has 1 fully saturated rings. The molecule has 6 nitrogen and oxygen atoms in total. The van der Waals surface area contributed by atoms with Gasteiger partial charge >= 0.3 is 5.97 Å². The van der Waals surface area contributed by atoms with Crippen LogP contribution in [-0.4, -0.2) is 29.1 Å². The predicted molar refractivity (Wildman–Crippen MR) is 69.0 cm³/mol. The largest absolute Gasteiger partial charge is 0.482 e. The molecule has 6 heteroatoms. The van der Waals surface area contributed by atoms with Gasteiger partial charge in [-0.25, -0.2) is 4.79 Å². The second kappa shape index (κ2) is 5.27. The highest BCUT2D eigenvalue weighted by Gasteiger charge is 2.40. The number of nitrogens with two attached hydrogens (primary N) is 1. The lowest BCUT2D eigenvalue weighted by Gasteiger charge is -2.36. The van der Waals surface area contributed by atoms with Crippen molar-refractivity contribution in [1.29, 1.82) is 0 Å². The van der Waals surface area contributed by atoms with E-state index in [9.17, 15) is 9.59 Å². The van der Waals surface area contributed by atoms with Crippen LogP contribution < -0.4 is 15.8 Å². The Kier molecular flexibility index (Phi) is 3.71. The fourth-order valence-electron chi connectivity index (χ4n) is 1.82. The number of benzene rings is 1. The summed E-state index contributed by atoms with van der Waals surface area (Å²) in [6.07, 6.45) is 2.39.